The summed E-state index contributed by atoms with van der Waals surface area (Å²) in [4.78, 5) is 0. The van der Waals surface area contributed by atoms with Crippen molar-refractivity contribution in [1.82, 2.24) is 0 Å². The number of rotatable bonds is 2. The van der Waals surface area contributed by atoms with E-state index in [1.54, 1.807) is 13.2 Å². The first-order valence-electron chi connectivity index (χ1n) is 6.72. The second kappa shape index (κ2) is 6.37. The van der Waals surface area contributed by atoms with E-state index in [9.17, 15) is 4.39 Å². The first kappa shape index (κ1) is 14.9. The zero-order valence-corrected chi connectivity index (χ0v) is 14.0. The Bertz CT molecular complexity index is 906. The van der Waals surface area contributed by atoms with Crippen molar-refractivity contribution in [2.24, 2.45) is 0 Å². The fourth-order valence-electron chi connectivity index (χ4n) is 2.54. The molecule has 0 aliphatic heterocycles. The van der Waals surface area contributed by atoms with Crippen molar-refractivity contribution >= 4 is 33.4 Å². The molecular weight excluding hydrogens is 390 g/mol. The van der Waals surface area contributed by atoms with E-state index < -0.39 is 0 Å². The lowest BCUT2D eigenvalue weighted by atomic mass is 9.96. The van der Waals surface area contributed by atoms with Crippen molar-refractivity contribution in [1.29, 1.82) is 0 Å². The molecule has 0 saturated heterocycles. The second-order valence-corrected chi connectivity index (χ2v) is 5.32. The van der Waals surface area contributed by atoms with Gasteiger partial charge in [0.2, 0.25) is 0 Å². The molecule has 0 atom stereocenters. The molecule has 0 heterocycles. The Morgan fingerprint density at radius 3 is 2.41 bits per heavy atom. The van der Waals surface area contributed by atoms with Crippen LogP contribution in [0.2, 0.25) is 0 Å². The summed E-state index contributed by atoms with van der Waals surface area (Å²) in [7, 11) is 1.60. The first-order valence-corrected chi connectivity index (χ1v) is 7.80. The van der Waals surface area contributed by atoms with Gasteiger partial charge in [0.1, 0.15) is 11.6 Å². The summed E-state index contributed by atoms with van der Waals surface area (Å²) in [5.74, 6) is 3.29. The summed E-state index contributed by atoms with van der Waals surface area (Å²) >= 11 is 1.96. The third-order valence-corrected chi connectivity index (χ3v) is 3.80. The monoisotopic (exact) mass is 402 g/mol. The van der Waals surface area contributed by atoms with Gasteiger partial charge >= 0.3 is 0 Å². The predicted molar refractivity (Wildman–Crippen MR) is 96.8 cm³/mol. The van der Waals surface area contributed by atoms with Crippen LogP contribution in [0.1, 0.15) is 5.56 Å². The fraction of sp³-hybridized carbons (Fsp3) is 0.0526. The number of fused-ring (bicyclic) bond motifs is 1. The predicted octanol–water partition coefficient (Wildman–Crippen LogP) is 5.40. The average molecular weight is 402 g/mol. The standard InChI is InChI=1S/C19H12FIO/c1-22-18-12-15-6-3-2-5-14(15)11-16(18)19-13(9-10-21)7-4-8-17(19)20/h2-8,11-12H,1H3. The number of methoxy groups -OCH3 is 1. The van der Waals surface area contributed by atoms with Crippen molar-refractivity contribution in [2.45, 2.75) is 0 Å². The van der Waals surface area contributed by atoms with E-state index in [0.29, 0.717) is 22.4 Å². The van der Waals surface area contributed by atoms with E-state index in [4.69, 9.17) is 4.74 Å². The van der Waals surface area contributed by atoms with Crippen LogP contribution in [0.25, 0.3) is 21.9 Å². The number of ether oxygens (including phenoxy) is 1. The highest BCUT2D eigenvalue weighted by Gasteiger charge is 2.15. The van der Waals surface area contributed by atoms with Crippen LogP contribution in [0.5, 0.6) is 5.75 Å². The van der Waals surface area contributed by atoms with E-state index in [1.807, 2.05) is 65.1 Å². The molecule has 0 aliphatic rings. The maximum atomic E-state index is 14.4. The van der Waals surface area contributed by atoms with Gasteiger partial charge in [-0.25, -0.2) is 4.39 Å². The van der Waals surface area contributed by atoms with E-state index >= 15 is 0 Å². The molecule has 0 amide bonds. The van der Waals surface area contributed by atoms with Crippen molar-refractivity contribution in [3.63, 3.8) is 0 Å². The molecule has 3 heteroatoms. The van der Waals surface area contributed by atoms with Gasteiger partial charge in [0.05, 0.1) is 7.11 Å². The molecule has 3 rings (SSSR count). The van der Waals surface area contributed by atoms with E-state index in [1.165, 1.54) is 6.07 Å². The molecule has 0 aromatic heterocycles. The zero-order chi connectivity index (χ0) is 15.5. The molecule has 0 saturated carbocycles. The normalized spacial score (nSPS) is 10.1. The van der Waals surface area contributed by atoms with E-state index in [2.05, 4.69) is 9.85 Å². The molecule has 0 spiro atoms. The molecule has 0 radical (unpaired) electrons. The highest BCUT2D eigenvalue weighted by molar-refractivity contribution is 14.1. The van der Waals surface area contributed by atoms with E-state index in [-0.39, 0.29) is 5.82 Å². The van der Waals surface area contributed by atoms with Gasteiger partial charge in [0, 0.05) is 39.3 Å². The Balaban J connectivity index is 2.36. The third-order valence-electron chi connectivity index (χ3n) is 3.53. The summed E-state index contributed by atoms with van der Waals surface area (Å²) in [5.41, 5.74) is 1.85. The van der Waals surface area contributed by atoms with Gasteiger partial charge in [0.25, 0.3) is 0 Å². The lowest BCUT2D eigenvalue weighted by Gasteiger charge is -2.13. The Morgan fingerprint density at radius 1 is 1.00 bits per heavy atom. The molecule has 0 N–H and O–H groups in total. The van der Waals surface area contributed by atoms with Gasteiger partial charge in [-0.1, -0.05) is 36.3 Å². The van der Waals surface area contributed by atoms with Crippen LogP contribution in [0.3, 0.4) is 0 Å². The Labute approximate surface area is 142 Å². The molecule has 0 fully saturated rings. The zero-order valence-electron chi connectivity index (χ0n) is 11.9. The highest BCUT2D eigenvalue weighted by Crippen LogP contribution is 2.37. The first-order chi connectivity index (χ1) is 10.7. The summed E-state index contributed by atoms with van der Waals surface area (Å²) in [5, 5.41) is 2.09. The lowest BCUT2D eigenvalue weighted by molar-refractivity contribution is 0.416. The second-order valence-electron chi connectivity index (χ2n) is 4.78. The fourth-order valence-corrected chi connectivity index (χ4v) is 2.83. The van der Waals surface area contributed by atoms with Gasteiger partial charge in [0.15, 0.2) is 0 Å². The van der Waals surface area contributed by atoms with Gasteiger partial charge in [-0.3, -0.25) is 0 Å². The molecule has 3 aromatic carbocycles. The van der Waals surface area contributed by atoms with Crippen LogP contribution in [-0.4, -0.2) is 7.11 Å². The number of hydrogen-bond donors (Lipinski definition) is 0. The van der Waals surface area contributed by atoms with Crippen molar-refractivity contribution in [3.8, 4) is 26.7 Å². The molecule has 108 valence electrons. The van der Waals surface area contributed by atoms with Crippen LogP contribution >= 0.6 is 22.6 Å². The Hall–Kier alpha value is -2.06. The average Bonchev–Trinajstić information content (AvgIpc) is 2.54. The van der Waals surface area contributed by atoms with Crippen LogP contribution in [-0.2, 0) is 0 Å². The Morgan fingerprint density at radius 2 is 1.73 bits per heavy atom. The minimum absolute atomic E-state index is 0.301. The molecule has 1 nitrogen and oxygen atoms in total. The van der Waals surface area contributed by atoms with Crippen molar-refractivity contribution in [2.75, 3.05) is 7.11 Å². The Kier molecular flexibility index (Phi) is 4.30. The quantitative estimate of drug-likeness (QED) is 0.412. The van der Waals surface area contributed by atoms with Gasteiger partial charge in [-0.2, -0.15) is 0 Å². The summed E-state index contributed by atoms with van der Waals surface area (Å²) in [6.07, 6.45) is 0. The third kappa shape index (κ3) is 2.67. The van der Waals surface area contributed by atoms with Crippen molar-refractivity contribution in [3.05, 3.63) is 66.0 Å². The lowest BCUT2D eigenvalue weighted by Crippen LogP contribution is -1.94. The molecule has 0 unspecified atom stereocenters. The van der Waals surface area contributed by atoms with Crippen LogP contribution in [0, 0.1) is 15.7 Å². The SMILES string of the molecule is COc1cc2ccccc2cc1-c1c(F)cccc1C#CI. The minimum Gasteiger partial charge on any atom is -0.496 e. The minimum atomic E-state index is -0.301. The number of benzene rings is 3. The van der Waals surface area contributed by atoms with Crippen LogP contribution < -0.4 is 4.74 Å². The summed E-state index contributed by atoms with van der Waals surface area (Å²) in [6.45, 7) is 0. The maximum Gasteiger partial charge on any atom is 0.132 e. The summed E-state index contributed by atoms with van der Waals surface area (Å²) in [6, 6.07) is 16.8. The van der Waals surface area contributed by atoms with Gasteiger partial charge in [-0.15, -0.1) is 0 Å². The molecule has 3 aromatic rings. The molecule has 0 aliphatic carbocycles. The van der Waals surface area contributed by atoms with Gasteiger partial charge < -0.3 is 4.74 Å². The van der Waals surface area contributed by atoms with Crippen molar-refractivity contribution < 1.29 is 9.13 Å². The number of halogens is 2. The van der Waals surface area contributed by atoms with Crippen LogP contribution in [0.4, 0.5) is 4.39 Å². The summed E-state index contributed by atoms with van der Waals surface area (Å²) < 4.78 is 22.7. The maximum absolute atomic E-state index is 14.4. The van der Waals surface area contributed by atoms with Gasteiger partial charge in [-0.05, 0) is 39.0 Å². The van der Waals surface area contributed by atoms with Crippen LogP contribution in [0.15, 0.2) is 54.6 Å². The highest BCUT2D eigenvalue weighted by atomic mass is 127. The molecular formula is C19H12FIO. The van der Waals surface area contributed by atoms with E-state index in [0.717, 1.165) is 10.8 Å². The largest absolute Gasteiger partial charge is 0.496 e. The number of hydrogen-bond acceptors (Lipinski definition) is 1. The smallest absolute Gasteiger partial charge is 0.132 e. The molecule has 0 bridgehead atoms. The molecule has 22 heavy (non-hydrogen) atoms. The topological polar surface area (TPSA) is 9.23 Å².